The number of allylic oxidation sites excluding steroid dienone is 2. The van der Waals surface area contributed by atoms with E-state index in [0.717, 1.165) is 11.3 Å². The molecule has 0 radical (unpaired) electrons. The number of non-ortho nitro benzene ring substituents is 1. The number of rotatable bonds is 3. The summed E-state index contributed by atoms with van der Waals surface area (Å²) < 4.78 is 1.70. The summed E-state index contributed by atoms with van der Waals surface area (Å²) >= 11 is 0. The Morgan fingerprint density at radius 1 is 1.11 bits per heavy atom. The van der Waals surface area contributed by atoms with Crippen LogP contribution in [-0.4, -0.2) is 25.5 Å². The third-order valence-electron chi connectivity index (χ3n) is 6.74. The summed E-state index contributed by atoms with van der Waals surface area (Å²) in [5.41, 5.74) is 3.96. The average molecular weight is 472 g/mol. The molecule has 0 saturated carbocycles. The molecule has 1 atom stereocenters. The number of nitrogens with zero attached hydrogens (tertiary/aromatic N) is 4. The third-order valence-corrected chi connectivity index (χ3v) is 6.74. The van der Waals surface area contributed by atoms with Crippen LogP contribution in [0.4, 0.5) is 11.6 Å². The van der Waals surface area contributed by atoms with E-state index in [1.807, 2.05) is 18.2 Å². The molecule has 35 heavy (non-hydrogen) atoms. The highest BCUT2D eigenvalue weighted by Gasteiger charge is 2.42. The lowest BCUT2D eigenvalue weighted by Crippen LogP contribution is -2.36. The van der Waals surface area contributed by atoms with Gasteiger partial charge in [-0.2, -0.15) is 4.98 Å². The number of nitro groups is 1. The molecule has 0 saturated heterocycles. The van der Waals surface area contributed by atoms with Crippen molar-refractivity contribution in [2.45, 2.75) is 58.9 Å². The lowest BCUT2D eigenvalue weighted by atomic mass is 9.73. The van der Waals surface area contributed by atoms with Gasteiger partial charge in [-0.05, 0) is 28.4 Å². The first-order chi connectivity index (χ1) is 16.4. The molecule has 0 spiro atoms. The number of Topliss-reactive ketones (excluding diaryl/α,β-unsaturated/α-hetero) is 1. The largest absolute Gasteiger partial charge is 0.328 e. The van der Waals surface area contributed by atoms with Crippen molar-refractivity contribution in [2.75, 3.05) is 5.32 Å². The number of aromatic nitrogens is 3. The minimum absolute atomic E-state index is 0.0218. The van der Waals surface area contributed by atoms with Crippen LogP contribution in [0.3, 0.4) is 0 Å². The van der Waals surface area contributed by atoms with Gasteiger partial charge in [-0.25, -0.2) is 4.68 Å². The van der Waals surface area contributed by atoms with E-state index in [-0.39, 0.29) is 22.3 Å². The molecule has 0 bridgehead atoms. The molecule has 0 amide bonds. The molecule has 0 fully saturated rings. The number of carbonyl (C=O) groups excluding carboxylic acids is 1. The summed E-state index contributed by atoms with van der Waals surface area (Å²) in [4.78, 5) is 29.2. The zero-order chi connectivity index (χ0) is 25.1. The van der Waals surface area contributed by atoms with Crippen molar-refractivity contribution in [3.05, 3.63) is 81.0 Å². The maximum absolute atomic E-state index is 13.4. The molecule has 3 aromatic rings. The molecule has 2 heterocycles. The van der Waals surface area contributed by atoms with Crippen molar-refractivity contribution < 1.29 is 9.72 Å². The topological polar surface area (TPSA) is 103 Å². The number of nitro benzene ring substituents is 1. The summed E-state index contributed by atoms with van der Waals surface area (Å²) in [7, 11) is 0. The molecule has 1 N–H and O–H groups in total. The molecular weight excluding hydrogens is 442 g/mol. The Balaban J connectivity index is 1.64. The van der Waals surface area contributed by atoms with Gasteiger partial charge in [0.1, 0.15) is 6.04 Å². The average Bonchev–Trinajstić information content (AvgIpc) is 3.20. The predicted octanol–water partition coefficient (Wildman–Crippen LogP) is 5.81. The van der Waals surface area contributed by atoms with Crippen LogP contribution in [0.25, 0.3) is 11.4 Å². The predicted molar refractivity (Wildman–Crippen MR) is 134 cm³/mol. The van der Waals surface area contributed by atoms with E-state index in [0.29, 0.717) is 35.8 Å². The summed E-state index contributed by atoms with van der Waals surface area (Å²) in [5.74, 6) is 1.09. The van der Waals surface area contributed by atoms with Gasteiger partial charge in [0.25, 0.3) is 5.69 Å². The second-order valence-corrected chi connectivity index (χ2v) is 11.2. The molecule has 1 aromatic heterocycles. The normalized spacial score (nSPS) is 19.1. The fraction of sp³-hybridized carbons (Fsp3) is 0.370. The van der Waals surface area contributed by atoms with E-state index in [4.69, 9.17) is 10.1 Å². The van der Waals surface area contributed by atoms with Crippen molar-refractivity contribution in [1.82, 2.24) is 14.8 Å². The monoisotopic (exact) mass is 471 g/mol. The van der Waals surface area contributed by atoms with Crippen LogP contribution >= 0.6 is 0 Å². The van der Waals surface area contributed by atoms with Crippen LogP contribution in [0, 0.1) is 15.5 Å². The summed E-state index contributed by atoms with van der Waals surface area (Å²) in [6.07, 6.45) is 1.09. The molecule has 1 aliphatic heterocycles. The standard InChI is InChI=1S/C27H29N5O3/c1-26(2,3)18-11-9-16(10-12-18)24-29-25-28-20-14-27(4,5)15-21(33)22(20)23(31(25)30-24)17-7-6-8-19(13-17)32(34)35/h6-13,23H,14-15H2,1-5H3,(H,28,29,30). The highest BCUT2D eigenvalue weighted by molar-refractivity contribution is 6.00. The molecule has 180 valence electrons. The van der Waals surface area contributed by atoms with E-state index in [1.165, 1.54) is 17.7 Å². The van der Waals surface area contributed by atoms with E-state index in [1.54, 1.807) is 10.7 Å². The first kappa shape index (κ1) is 23.0. The SMILES string of the molecule is CC1(C)CC(=O)C2=C(C1)Nc1nc(-c3ccc(C(C)(C)C)cc3)nn1C2c1cccc([N+](=O)[O-])c1. The van der Waals surface area contributed by atoms with Gasteiger partial charge in [0.15, 0.2) is 11.6 Å². The van der Waals surface area contributed by atoms with Crippen molar-refractivity contribution in [3.63, 3.8) is 0 Å². The maximum Gasteiger partial charge on any atom is 0.269 e. The van der Waals surface area contributed by atoms with Crippen LogP contribution in [0.15, 0.2) is 59.8 Å². The Labute approximate surface area is 204 Å². The smallest absolute Gasteiger partial charge is 0.269 e. The number of hydrogen-bond donors (Lipinski definition) is 1. The quantitative estimate of drug-likeness (QED) is 0.382. The Morgan fingerprint density at radius 3 is 2.49 bits per heavy atom. The Morgan fingerprint density at radius 2 is 1.83 bits per heavy atom. The maximum atomic E-state index is 13.4. The first-order valence-electron chi connectivity index (χ1n) is 11.8. The molecule has 1 unspecified atom stereocenters. The third kappa shape index (κ3) is 4.13. The van der Waals surface area contributed by atoms with E-state index in [2.05, 4.69) is 52.1 Å². The highest BCUT2D eigenvalue weighted by Crippen LogP contribution is 2.46. The second-order valence-electron chi connectivity index (χ2n) is 11.2. The lowest BCUT2D eigenvalue weighted by molar-refractivity contribution is -0.384. The zero-order valence-electron chi connectivity index (χ0n) is 20.6. The molecule has 1 aliphatic carbocycles. The number of hydrogen-bond acceptors (Lipinski definition) is 6. The summed E-state index contributed by atoms with van der Waals surface area (Å²) in [6, 6.07) is 14.0. The van der Waals surface area contributed by atoms with E-state index in [9.17, 15) is 14.9 Å². The lowest BCUT2D eigenvalue weighted by Gasteiger charge is -2.38. The number of carbonyl (C=O) groups is 1. The van der Waals surface area contributed by atoms with Gasteiger partial charge in [0.2, 0.25) is 5.95 Å². The Bertz CT molecular complexity index is 1380. The molecule has 2 aromatic carbocycles. The fourth-order valence-corrected chi connectivity index (χ4v) is 4.97. The molecule has 5 rings (SSSR count). The number of ketones is 1. The number of fused-ring (bicyclic) bond motifs is 1. The summed E-state index contributed by atoms with van der Waals surface area (Å²) in [5, 5.41) is 19.6. The van der Waals surface area contributed by atoms with Crippen molar-refractivity contribution in [1.29, 1.82) is 0 Å². The molecule has 2 aliphatic rings. The van der Waals surface area contributed by atoms with Gasteiger partial charge in [-0.3, -0.25) is 14.9 Å². The van der Waals surface area contributed by atoms with Crippen LogP contribution in [-0.2, 0) is 10.2 Å². The van der Waals surface area contributed by atoms with Gasteiger partial charge in [-0.15, -0.1) is 5.10 Å². The van der Waals surface area contributed by atoms with E-state index >= 15 is 0 Å². The van der Waals surface area contributed by atoms with E-state index < -0.39 is 11.0 Å². The van der Waals surface area contributed by atoms with Gasteiger partial charge in [0.05, 0.1) is 4.92 Å². The Kier molecular flexibility index (Phi) is 5.16. The van der Waals surface area contributed by atoms with Crippen LogP contribution in [0.5, 0.6) is 0 Å². The second kappa shape index (κ2) is 7.86. The number of nitrogens with one attached hydrogen (secondary N) is 1. The number of benzene rings is 2. The van der Waals surface area contributed by atoms with Crippen molar-refractivity contribution in [2.24, 2.45) is 5.41 Å². The number of anilines is 1. The molecular formula is C27H29N5O3. The fourth-order valence-electron chi connectivity index (χ4n) is 4.97. The van der Waals surface area contributed by atoms with Crippen LogP contribution in [0.2, 0.25) is 0 Å². The van der Waals surface area contributed by atoms with Gasteiger partial charge < -0.3 is 5.32 Å². The molecule has 8 heteroatoms. The first-order valence-corrected chi connectivity index (χ1v) is 11.8. The van der Waals surface area contributed by atoms with Crippen molar-refractivity contribution >= 4 is 17.4 Å². The molecule has 8 nitrogen and oxygen atoms in total. The highest BCUT2D eigenvalue weighted by atomic mass is 16.6. The van der Waals surface area contributed by atoms with Crippen molar-refractivity contribution in [3.8, 4) is 11.4 Å². The van der Waals surface area contributed by atoms with Gasteiger partial charge in [-0.1, -0.05) is 71.0 Å². The minimum Gasteiger partial charge on any atom is -0.328 e. The zero-order valence-corrected chi connectivity index (χ0v) is 20.6. The van der Waals surface area contributed by atoms with Crippen LogP contribution in [0.1, 0.15) is 64.6 Å². The minimum atomic E-state index is -0.583. The summed E-state index contributed by atoms with van der Waals surface area (Å²) in [6.45, 7) is 10.6. The van der Waals surface area contributed by atoms with Gasteiger partial charge in [0, 0.05) is 35.4 Å². The van der Waals surface area contributed by atoms with Gasteiger partial charge >= 0.3 is 0 Å². The Hall–Kier alpha value is -3.81. The van der Waals surface area contributed by atoms with Crippen LogP contribution < -0.4 is 5.32 Å².